The fourth-order valence-corrected chi connectivity index (χ4v) is 1.81. The summed E-state index contributed by atoms with van der Waals surface area (Å²) in [6.07, 6.45) is 0. The predicted octanol–water partition coefficient (Wildman–Crippen LogP) is 1.64. The Hall–Kier alpha value is -1.39. The van der Waals surface area contributed by atoms with Crippen LogP contribution in [0.4, 0.5) is 5.69 Å². The highest BCUT2D eigenvalue weighted by Gasteiger charge is 2.11. The van der Waals surface area contributed by atoms with Crippen molar-refractivity contribution >= 4 is 11.6 Å². The van der Waals surface area contributed by atoms with E-state index in [4.69, 9.17) is 5.11 Å². The van der Waals surface area contributed by atoms with E-state index in [1.165, 1.54) is 0 Å². The van der Waals surface area contributed by atoms with Gasteiger partial charge in [-0.25, -0.2) is 0 Å². The molecule has 0 radical (unpaired) electrons. The minimum absolute atomic E-state index is 0.0366. The summed E-state index contributed by atoms with van der Waals surface area (Å²) < 4.78 is 0. The van der Waals surface area contributed by atoms with Gasteiger partial charge in [-0.2, -0.15) is 0 Å². The molecule has 1 rings (SSSR count). The van der Waals surface area contributed by atoms with Crippen LogP contribution in [0.15, 0.2) is 18.2 Å². The number of benzene rings is 1. The summed E-state index contributed by atoms with van der Waals surface area (Å²) in [6, 6.07) is 6.03. The van der Waals surface area contributed by atoms with Crippen molar-refractivity contribution in [3.05, 3.63) is 29.3 Å². The van der Waals surface area contributed by atoms with Crippen molar-refractivity contribution in [1.82, 2.24) is 5.32 Å². The summed E-state index contributed by atoms with van der Waals surface area (Å²) in [7, 11) is 0. The highest BCUT2D eigenvalue weighted by Crippen LogP contribution is 2.27. The number of nitrogens with one attached hydrogen (secondary N) is 2. The zero-order valence-electron chi connectivity index (χ0n) is 11.3. The highest BCUT2D eigenvalue weighted by molar-refractivity contribution is 5.93. The summed E-state index contributed by atoms with van der Waals surface area (Å²) in [5, 5.41) is 14.4. The van der Waals surface area contributed by atoms with Gasteiger partial charge in [-0.15, -0.1) is 0 Å². The number of aliphatic hydroxyl groups excluding tert-OH is 1. The number of aryl methyl sites for hydroxylation is 1. The van der Waals surface area contributed by atoms with E-state index in [-0.39, 0.29) is 19.1 Å². The van der Waals surface area contributed by atoms with Crippen molar-refractivity contribution in [2.24, 2.45) is 0 Å². The molecule has 4 nitrogen and oxygen atoms in total. The number of carbonyl (C=O) groups excluding carboxylic acids is 1. The third-order valence-electron chi connectivity index (χ3n) is 2.77. The fraction of sp³-hybridized carbons (Fsp3) is 0.500. The molecule has 1 amide bonds. The summed E-state index contributed by atoms with van der Waals surface area (Å²) in [5.74, 6) is 0.283. The molecule has 0 heterocycles. The van der Waals surface area contributed by atoms with Gasteiger partial charge in [0.25, 0.3) is 0 Å². The summed E-state index contributed by atoms with van der Waals surface area (Å²) >= 11 is 0. The average molecular weight is 250 g/mol. The largest absolute Gasteiger partial charge is 0.395 e. The Morgan fingerprint density at radius 3 is 2.72 bits per heavy atom. The number of rotatable bonds is 6. The normalized spacial score (nSPS) is 10.7. The predicted molar refractivity (Wildman–Crippen MR) is 73.9 cm³/mol. The van der Waals surface area contributed by atoms with Gasteiger partial charge >= 0.3 is 0 Å². The average Bonchev–Trinajstić information content (AvgIpc) is 2.31. The van der Waals surface area contributed by atoms with Crippen LogP contribution in [0.1, 0.15) is 30.9 Å². The molecule has 4 heteroatoms. The van der Waals surface area contributed by atoms with E-state index in [1.54, 1.807) is 0 Å². The van der Waals surface area contributed by atoms with E-state index in [9.17, 15) is 4.79 Å². The van der Waals surface area contributed by atoms with E-state index >= 15 is 0 Å². The number of hydrogen-bond acceptors (Lipinski definition) is 3. The fourth-order valence-electron chi connectivity index (χ4n) is 1.81. The number of carbonyl (C=O) groups is 1. The van der Waals surface area contributed by atoms with Crippen molar-refractivity contribution in [3.63, 3.8) is 0 Å². The van der Waals surface area contributed by atoms with Crippen molar-refractivity contribution < 1.29 is 9.90 Å². The zero-order valence-corrected chi connectivity index (χ0v) is 11.3. The summed E-state index contributed by atoms with van der Waals surface area (Å²) in [4.78, 5) is 11.8. The van der Waals surface area contributed by atoms with Gasteiger partial charge in [0.2, 0.25) is 5.91 Å². The SMILES string of the molecule is Cc1cccc(C(C)C)c1NC(=O)CNCCO. The van der Waals surface area contributed by atoms with Gasteiger partial charge in [-0.1, -0.05) is 32.0 Å². The Bertz CT molecular complexity index is 403. The third kappa shape index (κ3) is 4.13. The van der Waals surface area contributed by atoms with Crippen molar-refractivity contribution in [2.75, 3.05) is 25.0 Å². The van der Waals surface area contributed by atoms with Gasteiger partial charge in [0.05, 0.1) is 13.2 Å². The molecule has 0 aliphatic carbocycles. The van der Waals surface area contributed by atoms with Crippen molar-refractivity contribution in [1.29, 1.82) is 0 Å². The molecular weight excluding hydrogens is 228 g/mol. The first-order valence-electron chi connectivity index (χ1n) is 6.27. The van der Waals surface area contributed by atoms with E-state index in [0.29, 0.717) is 12.5 Å². The molecule has 0 aromatic heterocycles. The molecule has 0 saturated carbocycles. The zero-order chi connectivity index (χ0) is 13.5. The van der Waals surface area contributed by atoms with Crippen LogP contribution in [-0.4, -0.2) is 30.7 Å². The van der Waals surface area contributed by atoms with Crippen molar-refractivity contribution in [2.45, 2.75) is 26.7 Å². The Balaban J connectivity index is 2.74. The molecule has 0 unspecified atom stereocenters. The van der Waals surface area contributed by atoms with Crippen LogP contribution in [0.5, 0.6) is 0 Å². The molecular formula is C14H22N2O2. The minimum atomic E-state index is -0.0837. The lowest BCUT2D eigenvalue weighted by Gasteiger charge is -2.16. The molecule has 0 bridgehead atoms. The Morgan fingerprint density at radius 2 is 2.11 bits per heavy atom. The monoisotopic (exact) mass is 250 g/mol. The van der Waals surface area contributed by atoms with Gasteiger partial charge in [-0.3, -0.25) is 4.79 Å². The molecule has 1 aromatic carbocycles. The van der Waals surface area contributed by atoms with Crippen molar-refractivity contribution in [3.8, 4) is 0 Å². The molecule has 18 heavy (non-hydrogen) atoms. The lowest BCUT2D eigenvalue weighted by Crippen LogP contribution is -2.30. The van der Waals surface area contributed by atoms with Gasteiger partial charge < -0.3 is 15.7 Å². The molecule has 0 aliphatic heterocycles. The number of anilines is 1. The quantitative estimate of drug-likeness (QED) is 0.673. The van der Waals surface area contributed by atoms with E-state index in [2.05, 4.69) is 24.5 Å². The van der Waals surface area contributed by atoms with Crippen LogP contribution in [0, 0.1) is 6.92 Å². The number of para-hydroxylation sites is 1. The van der Waals surface area contributed by atoms with E-state index < -0.39 is 0 Å². The first-order valence-corrected chi connectivity index (χ1v) is 6.27. The molecule has 1 aromatic rings. The highest BCUT2D eigenvalue weighted by atomic mass is 16.3. The number of aliphatic hydroxyl groups is 1. The van der Waals surface area contributed by atoms with Gasteiger partial charge in [-0.05, 0) is 24.0 Å². The van der Waals surface area contributed by atoms with Crippen LogP contribution >= 0.6 is 0 Å². The number of hydrogen-bond donors (Lipinski definition) is 3. The lowest BCUT2D eigenvalue weighted by atomic mass is 9.98. The molecule has 0 atom stereocenters. The standard InChI is InChI=1S/C14H22N2O2/c1-10(2)12-6-4-5-11(3)14(12)16-13(18)9-15-7-8-17/h4-6,10,15,17H,7-9H2,1-3H3,(H,16,18). The first-order chi connectivity index (χ1) is 8.56. The minimum Gasteiger partial charge on any atom is -0.395 e. The second kappa shape index (κ2) is 7.13. The Labute approximate surface area is 108 Å². The van der Waals surface area contributed by atoms with Crippen LogP contribution in [0.3, 0.4) is 0 Å². The van der Waals surface area contributed by atoms with Gasteiger partial charge in [0.15, 0.2) is 0 Å². The lowest BCUT2D eigenvalue weighted by molar-refractivity contribution is -0.115. The van der Waals surface area contributed by atoms with Gasteiger partial charge in [0, 0.05) is 12.2 Å². The van der Waals surface area contributed by atoms with Crippen LogP contribution in [0.2, 0.25) is 0 Å². The maximum atomic E-state index is 11.8. The smallest absolute Gasteiger partial charge is 0.238 e. The molecule has 3 N–H and O–H groups in total. The Kier molecular flexibility index (Phi) is 5.82. The summed E-state index contributed by atoms with van der Waals surface area (Å²) in [6.45, 7) is 6.88. The summed E-state index contributed by atoms with van der Waals surface area (Å²) in [5.41, 5.74) is 3.12. The first kappa shape index (κ1) is 14.7. The van der Waals surface area contributed by atoms with Crippen LogP contribution in [0.25, 0.3) is 0 Å². The van der Waals surface area contributed by atoms with Crippen LogP contribution in [-0.2, 0) is 4.79 Å². The molecule has 0 saturated heterocycles. The molecule has 100 valence electrons. The van der Waals surface area contributed by atoms with Gasteiger partial charge in [0.1, 0.15) is 0 Å². The molecule has 0 aliphatic rings. The maximum Gasteiger partial charge on any atom is 0.238 e. The van der Waals surface area contributed by atoms with E-state index in [0.717, 1.165) is 16.8 Å². The number of amides is 1. The third-order valence-corrected chi connectivity index (χ3v) is 2.77. The van der Waals surface area contributed by atoms with Crippen LogP contribution < -0.4 is 10.6 Å². The second-order valence-electron chi connectivity index (χ2n) is 4.64. The topological polar surface area (TPSA) is 61.4 Å². The maximum absolute atomic E-state index is 11.8. The molecule has 0 fully saturated rings. The Morgan fingerprint density at radius 1 is 1.39 bits per heavy atom. The molecule has 0 spiro atoms. The van der Waals surface area contributed by atoms with E-state index in [1.807, 2.05) is 25.1 Å². The second-order valence-corrected chi connectivity index (χ2v) is 4.64.